The van der Waals surface area contributed by atoms with Gasteiger partial charge in [0.05, 0.1) is 34.8 Å². The molecule has 1 unspecified atom stereocenters. The first-order chi connectivity index (χ1) is 18.5. The molecule has 196 valence electrons. The van der Waals surface area contributed by atoms with E-state index in [1.807, 2.05) is 25.4 Å². The Bertz CT molecular complexity index is 1490. The van der Waals surface area contributed by atoms with Gasteiger partial charge in [-0.05, 0) is 74.4 Å². The molecule has 4 aromatic rings. The van der Waals surface area contributed by atoms with Crippen molar-refractivity contribution in [3.05, 3.63) is 66.4 Å². The van der Waals surface area contributed by atoms with Gasteiger partial charge in [-0.3, -0.25) is 19.7 Å². The van der Waals surface area contributed by atoms with Crippen molar-refractivity contribution in [2.24, 2.45) is 23.0 Å². The molecular weight excluding hydrogens is 483 g/mol. The highest BCUT2D eigenvalue weighted by Gasteiger charge is 2.26. The van der Waals surface area contributed by atoms with Gasteiger partial charge in [0, 0.05) is 50.7 Å². The number of aliphatic imine (C=N–C) groups is 2. The van der Waals surface area contributed by atoms with Gasteiger partial charge in [0.2, 0.25) is 0 Å². The molecule has 1 aliphatic heterocycles. The molecule has 0 amide bonds. The largest absolute Gasteiger partial charge is 0.490 e. The number of halogens is 1. The highest BCUT2D eigenvalue weighted by molar-refractivity contribution is 6.14. The number of aryl methyl sites for hydroxylation is 1. The second-order valence-electron chi connectivity index (χ2n) is 9.40. The molecule has 5 rings (SSSR count). The van der Waals surface area contributed by atoms with Gasteiger partial charge in [-0.2, -0.15) is 5.10 Å². The molecule has 3 heterocycles. The van der Waals surface area contributed by atoms with E-state index in [2.05, 4.69) is 39.0 Å². The zero-order valence-electron chi connectivity index (χ0n) is 21.8. The maximum Gasteiger partial charge on any atom is 0.156 e. The Labute approximate surface area is 221 Å². The molecule has 1 aliphatic rings. The fraction of sp³-hybridized carbons (Fsp3) is 0.310. The average Bonchev–Trinajstić information content (AvgIpc) is 3.39. The quantitative estimate of drug-likeness (QED) is 0.249. The lowest BCUT2D eigenvalue weighted by Gasteiger charge is -2.29. The summed E-state index contributed by atoms with van der Waals surface area (Å²) in [4.78, 5) is 13.1. The number of hydrogen-bond acceptors (Lipinski definition) is 6. The number of aromatic nitrogens is 3. The number of benzene rings is 2. The Morgan fingerprint density at radius 2 is 2.05 bits per heavy atom. The monoisotopic (exact) mass is 514 g/mol. The van der Waals surface area contributed by atoms with Crippen LogP contribution in [0.4, 0.5) is 15.8 Å². The number of anilines is 1. The van der Waals surface area contributed by atoms with Gasteiger partial charge in [0.25, 0.3) is 0 Å². The predicted molar refractivity (Wildman–Crippen MR) is 149 cm³/mol. The highest BCUT2D eigenvalue weighted by Crippen LogP contribution is 2.38. The molecule has 0 aliphatic carbocycles. The number of rotatable bonds is 7. The SMILES string of the molecule is C=Nc1cc(-c2cnn(C)c2)cc(OC(C)C2CCOCC2)c1C(=NC)Nc1ccc2ncccc2c1F. The van der Waals surface area contributed by atoms with Crippen molar-refractivity contribution in [3.63, 3.8) is 0 Å². The van der Waals surface area contributed by atoms with Crippen LogP contribution in [0.3, 0.4) is 0 Å². The van der Waals surface area contributed by atoms with Gasteiger partial charge in [-0.1, -0.05) is 0 Å². The number of nitrogens with zero attached hydrogens (tertiary/aromatic N) is 5. The fourth-order valence-corrected chi connectivity index (χ4v) is 4.85. The number of amidine groups is 1. The highest BCUT2D eigenvalue weighted by atomic mass is 19.1. The minimum Gasteiger partial charge on any atom is -0.490 e. The number of hydrogen-bond donors (Lipinski definition) is 1. The van der Waals surface area contributed by atoms with E-state index >= 15 is 4.39 Å². The van der Waals surface area contributed by atoms with Crippen molar-refractivity contribution in [2.75, 3.05) is 25.6 Å². The van der Waals surface area contributed by atoms with Crippen LogP contribution in [-0.2, 0) is 11.8 Å². The van der Waals surface area contributed by atoms with Gasteiger partial charge < -0.3 is 14.8 Å². The Kier molecular flexibility index (Phi) is 7.46. The lowest BCUT2D eigenvalue weighted by atomic mass is 9.94. The maximum absolute atomic E-state index is 15.5. The maximum atomic E-state index is 15.5. The third-order valence-corrected chi connectivity index (χ3v) is 6.97. The Morgan fingerprint density at radius 3 is 2.76 bits per heavy atom. The van der Waals surface area contributed by atoms with Crippen LogP contribution in [0.5, 0.6) is 5.75 Å². The Morgan fingerprint density at radius 1 is 1.24 bits per heavy atom. The van der Waals surface area contributed by atoms with E-state index in [0.717, 1.165) is 37.2 Å². The molecule has 1 N–H and O–H groups in total. The van der Waals surface area contributed by atoms with Crippen molar-refractivity contribution in [1.29, 1.82) is 0 Å². The topological polar surface area (TPSA) is 85.9 Å². The van der Waals surface area contributed by atoms with Crippen LogP contribution in [-0.4, -0.2) is 53.7 Å². The van der Waals surface area contributed by atoms with Crippen LogP contribution in [0.1, 0.15) is 25.3 Å². The molecule has 9 heteroatoms. The van der Waals surface area contributed by atoms with Crippen LogP contribution in [0.15, 0.2) is 65.0 Å². The van der Waals surface area contributed by atoms with Gasteiger partial charge in [0.1, 0.15) is 11.6 Å². The number of nitrogens with one attached hydrogen (secondary N) is 1. The molecule has 0 spiro atoms. The van der Waals surface area contributed by atoms with E-state index in [1.54, 1.807) is 48.4 Å². The molecule has 2 aromatic carbocycles. The standard InChI is InChI=1S/C29H31FN6O2/c1-18(19-9-12-37-13-10-19)38-26-15-20(21-16-34-36(4)17-21)14-25(31-2)27(26)29(32-3)35-24-8-7-23-22(28(24)30)6-5-11-33-23/h5-8,11,14-19H,2,9-10,12-13H2,1,3-4H3,(H,32,35). The lowest BCUT2D eigenvalue weighted by molar-refractivity contribution is 0.0239. The van der Waals surface area contributed by atoms with E-state index in [0.29, 0.717) is 39.7 Å². The second kappa shape index (κ2) is 11.1. The van der Waals surface area contributed by atoms with E-state index < -0.39 is 5.82 Å². The van der Waals surface area contributed by atoms with Crippen LogP contribution in [0.2, 0.25) is 0 Å². The van der Waals surface area contributed by atoms with E-state index in [9.17, 15) is 0 Å². The van der Waals surface area contributed by atoms with Gasteiger partial charge in [0.15, 0.2) is 5.82 Å². The first-order valence-corrected chi connectivity index (χ1v) is 12.6. The third kappa shape index (κ3) is 5.15. The smallest absolute Gasteiger partial charge is 0.156 e. The van der Waals surface area contributed by atoms with Crippen molar-refractivity contribution >= 4 is 34.8 Å². The molecule has 2 aromatic heterocycles. The van der Waals surface area contributed by atoms with Crippen molar-refractivity contribution < 1.29 is 13.9 Å². The summed E-state index contributed by atoms with van der Waals surface area (Å²) in [7, 11) is 3.52. The van der Waals surface area contributed by atoms with Crippen molar-refractivity contribution in [1.82, 2.24) is 14.8 Å². The van der Waals surface area contributed by atoms with Crippen molar-refractivity contribution in [2.45, 2.75) is 25.9 Å². The number of ether oxygens (including phenoxy) is 2. The van der Waals surface area contributed by atoms with Crippen LogP contribution in [0.25, 0.3) is 22.0 Å². The zero-order valence-corrected chi connectivity index (χ0v) is 21.8. The summed E-state index contributed by atoms with van der Waals surface area (Å²) < 4.78 is 29.4. The zero-order chi connectivity index (χ0) is 26.6. The van der Waals surface area contributed by atoms with Crippen LogP contribution < -0.4 is 10.1 Å². The normalized spacial score (nSPS) is 15.4. The number of pyridine rings is 1. The Balaban J connectivity index is 1.58. The lowest BCUT2D eigenvalue weighted by Crippen LogP contribution is -2.30. The molecule has 1 saturated heterocycles. The average molecular weight is 515 g/mol. The second-order valence-corrected chi connectivity index (χ2v) is 9.40. The van der Waals surface area contributed by atoms with Crippen LogP contribution in [0, 0.1) is 11.7 Å². The molecule has 0 radical (unpaired) electrons. The van der Waals surface area contributed by atoms with Gasteiger partial charge in [-0.15, -0.1) is 0 Å². The van der Waals surface area contributed by atoms with E-state index in [-0.39, 0.29) is 11.8 Å². The minimum absolute atomic E-state index is 0.0824. The van der Waals surface area contributed by atoms with Gasteiger partial charge >= 0.3 is 0 Å². The predicted octanol–water partition coefficient (Wildman–Crippen LogP) is 5.79. The molecule has 38 heavy (non-hydrogen) atoms. The summed E-state index contributed by atoms with van der Waals surface area (Å²) >= 11 is 0. The molecule has 0 saturated carbocycles. The van der Waals surface area contributed by atoms with Gasteiger partial charge in [-0.25, -0.2) is 4.39 Å². The summed E-state index contributed by atoms with van der Waals surface area (Å²) in [5, 5.41) is 7.91. The Hall–Kier alpha value is -4.11. The summed E-state index contributed by atoms with van der Waals surface area (Å²) in [6.07, 6.45) is 7.13. The molecule has 1 atom stereocenters. The summed E-state index contributed by atoms with van der Waals surface area (Å²) in [5.74, 6) is 0.944. The third-order valence-electron chi connectivity index (χ3n) is 6.97. The fourth-order valence-electron chi connectivity index (χ4n) is 4.85. The summed E-state index contributed by atoms with van der Waals surface area (Å²) in [6.45, 7) is 7.33. The molecule has 0 bridgehead atoms. The van der Waals surface area contributed by atoms with Crippen LogP contribution >= 0.6 is 0 Å². The minimum atomic E-state index is -0.408. The summed E-state index contributed by atoms with van der Waals surface area (Å²) in [6, 6.07) is 10.7. The molecule has 8 nitrogen and oxygen atoms in total. The van der Waals surface area contributed by atoms with E-state index in [1.165, 1.54) is 0 Å². The first-order valence-electron chi connectivity index (χ1n) is 12.6. The molecule has 1 fully saturated rings. The first kappa shape index (κ1) is 25.5. The van der Waals surface area contributed by atoms with Crippen molar-refractivity contribution in [3.8, 4) is 16.9 Å². The summed E-state index contributed by atoms with van der Waals surface area (Å²) in [5.41, 5.74) is 3.84. The number of fused-ring (bicyclic) bond motifs is 1. The molecular formula is C29H31FN6O2. The van der Waals surface area contributed by atoms with E-state index in [4.69, 9.17) is 9.47 Å².